The Morgan fingerprint density at radius 3 is 1.44 bits per heavy atom. The van der Waals surface area contributed by atoms with Crippen molar-refractivity contribution in [3.63, 3.8) is 0 Å². The van der Waals surface area contributed by atoms with Crippen LogP contribution in [0.4, 0.5) is 0 Å². The first-order chi connectivity index (χ1) is 18.8. The van der Waals surface area contributed by atoms with Crippen molar-refractivity contribution in [2.24, 2.45) is 0 Å². The summed E-state index contributed by atoms with van der Waals surface area (Å²) in [5.41, 5.74) is 7.28. The van der Waals surface area contributed by atoms with Crippen molar-refractivity contribution < 1.29 is 18.1 Å². The molecule has 0 aliphatic heterocycles. The van der Waals surface area contributed by atoms with Gasteiger partial charge in [0.25, 0.3) is 0 Å². The van der Waals surface area contributed by atoms with E-state index in [0.29, 0.717) is 0 Å². The molecular weight excluding hydrogens is 503 g/mol. The van der Waals surface area contributed by atoms with Gasteiger partial charge in [0, 0.05) is 0 Å². The minimum Gasteiger partial charge on any atom is -0.283 e. The highest BCUT2D eigenvalue weighted by molar-refractivity contribution is 7.48. The molecule has 39 heavy (non-hydrogen) atoms. The summed E-state index contributed by atoms with van der Waals surface area (Å²) >= 11 is 0. The lowest BCUT2D eigenvalue weighted by Gasteiger charge is -2.18. The van der Waals surface area contributed by atoms with E-state index in [2.05, 4.69) is 52.8 Å². The summed E-state index contributed by atoms with van der Waals surface area (Å²) in [4.78, 5) is 0. The van der Waals surface area contributed by atoms with Crippen LogP contribution in [-0.2, 0) is 31.4 Å². The zero-order valence-electron chi connectivity index (χ0n) is 24.5. The molecule has 4 nitrogen and oxygen atoms in total. The van der Waals surface area contributed by atoms with E-state index in [-0.39, 0.29) is 19.8 Å². The third kappa shape index (κ3) is 15.6. The second-order valence-electron chi connectivity index (χ2n) is 10.3. The summed E-state index contributed by atoms with van der Waals surface area (Å²) in [6, 6.07) is 19.2. The zero-order valence-corrected chi connectivity index (χ0v) is 25.4. The van der Waals surface area contributed by atoms with Crippen LogP contribution >= 0.6 is 7.82 Å². The van der Waals surface area contributed by atoms with E-state index >= 15 is 0 Å². The average molecular weight is 551 g/mol. The highest BCUT2D eigenvalue weighted by atomic mass is 31.2. The smallest absolute Gasteiger partial charge is 0.283 e. The topological polar surface area (TPSA) is 44.8 Å². The van der Waals surface area contributed by atoms with E-state index in [1.807, 2.05) is 66.7 Å². The highest BCUT2D eigenvalue weighted by Gasteiger charge is 2.26. The molecule has 0 bridgehead atoms. The molecule has 0 atom stereocenters. The van der Waals surface area contributed by atoms with Crippen molar-refractivity contribution in [1.29, 1.82) is 0 Å². The van der Waals surface area contributed by atoms with Gasteiger partial charge in [0.05, 0.1) is 19.8 Å². The molecule has 0 N–H and O–H groups in total. The number of benzene rings is 2. The third-order valence-electron chi connectivity index (χ3n) is 6.28. The lowest BCUT2D eigenvalue weighted by molar-refractivity contribution is 0.111. The van der Waals surface area contributed by atoms with Crippen LogP contribution in [0.15, 0.2) is 107 Å². The van der Waals surface area contributed by atoms with Gasteiger partial charge in [0.2, 0.25) is 0 Å². The van der Waals surface area contributed by atoms with Gasteiger partial charge in [0.1, 0.15) is 0 Å². The van der Waals surface area contributed by atoms with Crippen LogP contribution in [0.5, 0.6) is 0 Å². The fourth-order valence-corrected chi connectivity index (χ4v) is 4.92. The van der Waals surface area contributed by atoms with Gasteiger partial charge < -0.3 is 0 Å². The van der Waals surface area contributed by atoms with Gasteiger partial charge in [-0.15, -0.1) is 0 Å². The quantitative estimate of drug-likeness (QED) is 0.137. The second kappa shape index (κ2) is 18.7. The predicted octanol–water partition coefficient (Wildman–Crippen LogP) is 10.7. The Kier molecular flexibility index (Phi) is 15.7. The maximum atomic E-state index is 13.4. The molecular formula is C34H47O4P. The molecule has 2 aromatic rings. The lowest BCUT2D eigenvalue weighted by Crippen LogP contribution is -2.02. The largest absolute Gasteiger partial charge is 0.475 e. The molecule has 2 aromatic carbocycles. The first-order valence-corrected chi connectivity index (χ1v) is 15.4. The van der Waals surface area contributed by atoms with Crippen molar-refractivity contribution in [3.05, 3.63) is 118 Å². The highest BCUT2D eigenvalue weighted by Crippen LogP contribution is 2.51. The molecule has 2 rings (SSSR count). The SMILES string of the molecule is CC(C)=CCCC(C)=CCCC(C)=CCCC(C)=CCOP(=O)(OCc1ccccc1)OCc1ccccc1. The summed E-state index contributed by atoms with van der Waals surface area (Å²) in [6.45, 7) is 11.3. The molecule has 0 saturated carbocycles. The van der Waals surface area contributed by atoms with Crippen LogP contribution in [-0.4, -0.2) is 6.61 Å². The van der Waals surface area contributed by atoms with Gasteiger partial charge in [-0.2, -0.15) is 0 Å². The number of allylic oxidation sites excluding steroid dienone is 7. The summed E-state index contributed by atoms with van der Waals surface area (Å²) in [5, 5.41) is 0. The van der Waals surface area contributed by atoms with E-state index in [9.17, 15) is 4.57 Å². The van der Waals surface area contributed by atoms with Crippen molar-refractivity contribution in [1.82, 2.24) is 0 Å². The molecule has 0 aliphatic carbocycles. The molecule has 0 aromatic heterocycles. The number of hydrogen-bond donors (Lipinski definition) is 0. The maximum absolute atomic E-state index is 13.4. The van der Waals surface area contributed by atoms with Crippen LogP contribution in [0.3, 0.4) is 0 Å². The predicted molar refractivity (Wildman–Crippen MR) is 164 cm³/mol. The van der Waals surface area contributed by atoms with E-state index in [1.54, 1.807) is 0 Å². The molecule has 0 unspecified atom stereocenters. The summed E-state index contributed by atoms with van der Waals surface area (Å²) in [7, 11) is -3.75. The van der Waals surface area contributed by atoms with Crippen molar-refractivity contribution in [2.75, 3.05) is 6.61 Å². The second-order valence-corrected chi connectivity index (χ2v) is 12.0. The van der Waals surface area contributed by atoms with E-state index in [1.165, 1.54) is 22.3 Å². The van der Waals surface area contributed by atoms with Crippen LogP contribution in [0.25, 0.3) is 0 Å². The minimum absolute atomic E-state index is 0.157. The Hall–Kier alpha value is -2.49. The van der Waals surface area contributed by atoms with Gasteiger partial charge in [-0.05, 0) is 84.3 Å². The van der Waals surface area contributed by atoms with Crippen LogP contribution in [0.1, 0.15) is 84.3 Å². The molecule has 212 valence electrons. The molecule has 5 heteroatoms. The number of phosphoric acid groups is 1. The van der Waals surface area contributed by atoms with Gasteiger partial charge in [-0.3, -0.25) is 13.6 Å². The standard InChI is InChI=1S/C34H47O4P/c1-29(2)15-12-16-30(3)17-13-18-31(4)19-14-20-32(5)25-26-36-39(35,37-27-33-21-8-6-9-22-33)38-28-34-23-10-7-11-24-34/h6-11,15,17,19,21-25H,12-14,16,18,20,26-28H2,1-5H3. The number of phosphoric ester groups is 1. The Balaban J connectivity index is 1.80. The normalized spacial score (nSPS) is 13.0. The monoisotopic (exact) mass is 550 g/mol. The maximum Gasteiger partial charge on any atom is 0.475 e. The Bertz CT molecular complexity index is 1080. The van der Waals surface area contributed by atoms with Gasteiger partial charge in [-0.1, -0.05) is 107 Å². The number of rotatable bonds is 18. The van der Waals surface area contributed by atoms with Crippen molar-refractivity contribution in [2.45, 2.75) is 86.4 Å². The molecule has 0 amide bonds. The zero-order chi connectivity index (χ0) is 28.3. The molecule has 0 heterocycles. The van der Waals surface area contributed by atoms with E-state index in [0.717, 1.165) is 49.7 Å². The summed E-state index contributed by atoms with van der Waals surface area (Å²) in [6.07, 6.45) is 15.3. The first kappa shape index (κ1) is 32.7. The minimum atomic E-state index is -3.75. The Labute approximate surface area is 237 Å². The van der Waals surface area contributed by atoms with Crippen LogP contribution < -0.4 is 0 Å². The third-order valence-corrected chi connectivity index (χ3v) is 7.64. The van der Waals surface area contributed by atoms with Crippen LogP contribution in [0.2, 0.25) is 0 Å². The fourth-order valence-electron chi connectivity index (χ4n) is 3.83. The van der Waals surface area contributed by atoms with Gasteiger partial charge in [0.15, 0.2) is 0 Å². The molecule has 0 fully saturated rings. The molecule has 0 spiro atoms. The molecule has 0 aliphatic rings. The van der Waals surface area contributed by atoms with Gasteiger partial charge in [-0.25, -0.2) is 4.57 Å². The van der Waals surface area contributed by atoms with Crippen LogP contribution in [0, 0.1) is 0 Å². The Morgan fingerprint density at radius 1 is 0.590 bits per heavy atom. The number of hydrogen-bond acceptors (Lipinski definition) is 4. The van der Waals surface area contributed by atoms with Crippen molar-refractivity contribution in [3.8, 4) is 0 Å². The van der Waals surface area contributed by atoms with Gasteiger partial charge >= 0.3 is 7.82 Å². The fraction of sp³-hybridized carbons (Fsp3) is 0.412. The molecule has 0 saturated heterocycles. The summed E-state index contributed by atoms with van der Waals surface area (Å²) < 4.78 is 30.4. The average Bonchev–Trinajstić information content (AvgIpc) is 2.92. The van der Waals surface area contributed by atoms with E-state index in [4.69, 9.17) is 13.6 Å². The Morgan fingerprint density at radius 2 is 1.00 bits per heavy atom. The summed E-state index contributed by atoms with van der Waals surface area (Å²) in [5.74, 6) is 0. The lowest BCUT2D eigenvalue weighted by atomic mass is 10.0. The molecule has 0 radical (unpaired) electrons. The van der Waals surface area contributed by atoms with E-state index < -0.39 is 7.82 Å². The van der Waals surface area contributed by atoms with Crippen molar-refractivity contribution >= 4 is 7.82 Å². The first-order valence-electron chi connectivity index (χ1n) is 14.0.